The molecule has 1 aliphatic carbocycles. The molecule has 8 heteroatoms. The van der Waals surface area contributed by atoms with E-state index in [1.54, 1.807) is 0 Å². The van der Waals surface area contributed by atoms with Gasteiger partial charge in [-0.15, -0.1) is 10.2 Å². The normalized spacial score (nSPS) is 28.4. The number of aromatic nitrogens is 2. The summed E-state index contributed by atoms with van der Waals surface area (Å²) < 4.78 is 37.5. The minimum absolute atomic E-state index is 0.200. The van der Waals surface area contributed by atoms with Crippen molar-refractivity contribution in [2.24, 2.45) is 11.7 Å². The Morgan fingerprint density at radius 2 is 2.16 bits per heavy atom. The van der Waals surface area contributed by atoms with Crippen molar-refractivity contribution in [3.8, 4) is 0 Å². The number of nitrogens with one attached hydrogen (secondary N) is 1. The summed E-state index contributed by atoms with van der Waals surface area (Å²) in [5.41, 5.74) is 5.48. The Labute approximate surface area is 113 Å². The molecule has 0 amide bonds. The van der Waals surface area contributed by atoms with Gasteiger partial charge in [-0.3, -0.25) is 0 Å². The molecule has 4 nitrogen and oxygen atoms in total. The van der Waals surface area contributed by atoms with Crippen LogP contribution in [0.5, 0.6) is 0 Å². The monoisotopic (exact) mass is 294 g/mol. The molecule has 0 aliphatic heterocycles. The molecule has 1 aliphatic rings. The molecule has 1 aromatic rings. The van der Waals surface area contributed by atoms with Gasteiger partial charge in [0.1, 0.15) is 0 Å². The molecule has 1 fully saturated rings. The fourth-order valence-corrected chi connectivity index (χ4v) is 3.27. The van der Waals surface area contributed by atoms with E-state index in [1.165, 1.54) is 0 Å². The molecule has 0 radical (unpaired) electrons. The largest absolute Gasteiger partial charge is 0.445 e. The van der Waals surface area contributed by atoms with Crippen LogP contribution in [0.25, 0.3) is 0 Å². The third-order valence-electron chi connectivity index (χ3n) is 3.84. The van der Waals surface area contributed by atoms with Crippen LogP contribution in [-0.4, -0.2) is 22.3 Å². The molecule has 0 spiro atoms. The number of anilines is 1. The minimum Gasteiger partial charge on any atom is -0.353 e. The van der Waals surface area contributed by atoms with E-state index in [9.17, 15) is 13.2 Å². The van der Waals surface area contributed by atoms with Crippen molar-refractivity contribution in [2.75, 3.05) is 11.9 Å². The van der Waals surface area contributed by atoms with Gasteiger partial charge >= 0.3 is 6.18 Å². The Hall–Kier alpha value is -0.890. The second-order valence-corrected chi connectivity index (χ2v) is 6.02. The minimum atomic E-state index is -4.44. The molecule has 108 valence electrons. The van der Waals surface area contributed by atoms with Crippen molar-refractivity contribution in [3.05, 3.63) is 5.01 Å². The van der Waals surface area contributed by atoms with Gasteiger partial charge < -0.3 is 11.1 Å². The first-order chi connectivity index (χ1) is 8.87. The Morgan fingerprint density at radius 3 is 2.68 bits per heavy atom. The molecule has 3 N–H and O–H groups in total. The van der Waals surface area contributed by atoms with Gasteiger partial charge in [-0.05, 0) is 18.8 Å². The van der Waals surface area contributed by atoms with Gasteiger partial charge in [-0.25, -0.2) is 0 Å². The maximum absolute atomic E-state index is 12.5. The van der Waals surface area contributed by atoms with Gasteiger partial charge in [0.15, 0.2) is 0 Å². The average molecular weight is 294 g/mol. The summed E-state index contributed by atoms with van der Waals surface area (Å²) >= 11 is 0.536. The fourth-order valence-electron chi connectivity index (χ4n) is 2.55. The highest BCUT2D eigenvalue weighted by molar-refractivity contribution is 7.15. The van der Waals surface area contributed by atoms with Crippen molar-refractivity contribution in [1.82, 2.24) is 10.2 Å². The van der Waals surface area contributed by atoms with Crippen LogP contribution < -0.4 is 11.1 Å². The lowest BCUT2D eigenvalue weighted by molar-refractivity contribution is -0.138. The fraction of sp³-hybridized carbons (Fsp3) is 0.818. The lowest BCUT2D eigenvalue weighted by Gasteiger charge is -2.42. The number of nitrogens with two attached hydrogens (primary N) is 1. The second kappa shape index (κ2) is 5.24. The molecule has 2 unspecified atom stereocenters. The highest BCUT2D eigenvalue weighted by Crippen LogP contribution is 2.38. The topological polar surface area (TPSA) is 63.8 Å². The van der Waals surface area contributed by atoms with Crippen molar-refractivity contribution in [3.63, 3.8) is 0 Å². The molecule has 19 heavy (non-hydrogen) atoms. The zero-order chi connectivity index (χ0) is 14.1. The first-order valence-corrected chi connectivity index (χ1v) is 7.08. The molecule has 2 atom stereocenters. The number of halogens is 3. The SMILES string of the molecule is CC1CCCCC1(CN)Nc1nnc(C(F)(F)F)s1. The molecule has 1 aromatic heterocycles. The second-order valence-electron chi connectivity index (χ2n) is 5.04. The van der Waals surface area contributed by atoms with Crippen LogP contribution in [0.15, 0.2) is 0 Å². The summed E-state index contributed by atoms with van der Waals surface area (Å²) in [6.07, 6.45) is -0.402. The molecular weight excluding hydrogens is 277 g/mol. The first-order valence-electron chi connectivity index (χ1n) is 6.26. The first kappa shape index (κ1) is 14.5. The van der Waals surface area contributed by atoms with Gasteiger partial charge in [0.2, 0.25) is 10.1 Å². The van der Waals surface area contributed by atoms with E-state index in [0.717, 1.165) is 25.7 Å². The van der Waals surface area contributed by atoms with Crippen LogP contribution in [0.1, 0.15) is 37.6 Å². The Kier molecular flexibility index (Phi) is 4.00. The van der Waals surface area contributed by atoms with E-state index in [4.69, 9.17) is 5.73 Å². The van der Waals surface area contributed by atoms with Crippen LogP contribution in [0, 0.1) is 5.92 Å². The Balaban J connectivity index is 2.16. The predicted molar refractivity (Wildman–Crippen MR) is 68.0 cm³/mol. The Morgan fingerprint density at radius 1 is 1.42 bits per heavy atom. The standard InChI is InChI=1S/C11H17F3N4S/c1-7-4-2-3-5-10(7,6-15)16-9-18-17-8(19-9)11(12,13)14/h7H,2-6,15H2,1H3,(H,16,18). The van der Waals surface area contributed by atoms with E-state index in [0.29, 0.717) is 23.8 Å². The molecule has 2 rings (SSSR count). The number of alkyl halides is 3. The van der Waals surface area contributed by atoms with Crippen LogP contribution >= 0.6 is 11.3 Å². The van der Waals surface area contributed by atoms with Crippen LogP contribution in [0.4, 0.5) is 18.3 Å². The summed E-state index contributed by atoms with van der Waals surface area (Å²) in [5.74, 6) is 0.310. The van der Waals surface area contributed by atoms with Gasteiger partial charge in [0.25, 0.3) is 0 Å². The van der Waals surface area contributed by atoms with Crippen molar-refractivity contribution >= 4 is 16.5 Å². The number of rotatable bonds is 3. The molecule has 0 aromatic carbocycles. The highest BCUT2D eigenvalue weighted by Gasteiger charge is 2.40. The maximum Gasteiger partial charge on any atom is 0.445 e. The summed E-state index contributed by atoms with van der Waals surface area (Å²) in [7, 11) is 0. The molecule has 1 heterocycles. The molecule has 1 saturated carbocycles. The lowest BCUT2D eigenvalue weighted by atomic mass is 9.74. The van der Waals surface area contributed by atoms with Crippen LogP contribution in [-0.2, 0) is 6.18 Å². The van der Waals surface area contributed by atoms with Crippen LogP contribution in [0.2, 0.25) is 0 Å². The van der Waals surface area contributed by atoms with Crippen molar-refractivity contribution < 1.29 is 13.2 Å². The molecule has 0 bridgehead atoms. The maximum atomic E-state index is 12.5. The van der Waals surface area contributed by atoms with Gasteiger partial charge in [-0.2, -0.15) is 13.2 Å². The molecular formula is C11H17F3N4S. The zero-order valence-electron chi connectivity index (χ0n) is 10.6. The van der Waals surface area contributed by atoms with E-state index in [2.05, 4.69) is 22.4 Å². The number of hydrogen-bond acceptors (Lipinski definition) is 5. The van der Waals surface area contributed by atoms with Crippen LogP contribution in [0.3, 0.4) is 0 Å². The number of nitrogens with zero attached hydrogens (tertiary/aromatic N) is 2. The van der Waals surface area contributed by atoms with E-state index >= 15 is 0 Å². The lowest BCUT2D eigenvalue weighted by Crippen LogP contribution is -2.52. The summed E-state index contributed by atoms with van der Waals surface area (Å²) in [5, 5.41) is 9.15. The summed E-state index contributed by atoms with van der Waals surface area (Å²) in [6.45, 7) is 2.46. The summed E-state index contributed by atoms with van der Waals surface area (Å²) in [6, 6.07) is 0. The Bertz CT molecular complexity index is 434. The third-order valence-corrected chi connectivity index (χ3v) is 4.72. The van der Waals surface area contributed by atoms with E-state index in [1.807, 2.05) is 0 Å². The smallest absolute Gasteiger partial charge is 0.353 e. The van der Waals surface area contributed by atoms with E-state index < -0.39 is 11.2 Å². The van der Waals surface area contributed by atoms with Gasteiger partial charge in [0.05, 0.1) is 5.54 Å². The van der Waals surface area contributed by atoms with Gasteiger partial charge in [0, 0.05) is 6.54 Å². The zero-order valence-corrected chi connectivity index (χ0v) is 11.4. The van der Waals surface area contributed by atoms with Crippen molar-refractivity contribution in [2.45, 2.75) is 44.3 Å². The van der Waals surface area contributed by atoms with Gasteiger partial charge in [-0.1, -0.05) is 31.1 Å². The summed E-state index contributed by atoms with van der Waals surface area (Å²) in [4.78, 5) is 0. The van der Waals surface area contributed by atoms with Crippen molar-refractivity contribution in [1.29, 1.82) is 0 Å². The quantitative estimate of drug-likeness (QED) is 0.899. The molecule has 0 saturated heterocycles. The third kappa shape index (κ3) is 3.00. The predicted octanol–water partition coefficient (Wildman–Crippen LogP) is 2.88. The highest BCUT2D eigenvalue weighted by atomic mass is 32.1. The number of hydrogen-bond donors (Lipinski definition) is 2. The van der Waals surface area contributed by atoms with E-state index in [-0.39, 0.29) is 10.7 Å². The average Bonchev–Trinajstić information content (AvgIpc) is 2.80.